The Bertz CT molecular complexity index is 1320. The number of carbonyl (C=O) groups excluding carboxylic acids is 1. The van der Waals surface area contributed by atoms with Crippen LogP contribution in [0.2, 0.25) is 0 Å². The molecule has 3 aromatic rings. The number of halogens is 5. The maximum absolute atomic E-state index is 14.7. The molecule has 0 aromatic heterocycles. The topological polar surface area (TPSA) is 67.8 Å². The summed E-state index contributed by atoms with van der Waals surface area (Å²) in [4.78, 5) is 20.6. The first-order chi connectivity index (χ1) is 15.6. The van der Waals surface area contributed by atoms with Gasteiger partial charge in [0.15, 0.2) is 5.84 Å². The zero-order valence-electron chi connectivity index (χ0n) is 16.7. The lowest BCUT2D eigenvalue weighted by Gasteiger charge is -2.12. The number of hydrogen-bond donors (Lipinski definition) is 1. The van der Waals surface area contributed by atoms with Crippen molar-refractivity contribution in [2.24, 2.45) is 15.7 Å². The second-order valence-corrected chi connectivity index (χ2v) is 7.05. The van der Waals surface area contributed by atoms with E-state index in [0.29, 0.717) is 11.6 Å². The van der Waals surface area contributed by atoms with Gasteiger partial charge in [-0.3, -0.25) is 4.79 Å². The molecular weight excluding hydrogens is 441 g/mol. The second kappa shape index (κ2) is 8.42. The highest BCUT2D eigenvalue weighted by atomic mass is 19.4. The summed E-state index contributed by atoms with van der Waals surface area (Å²) in [5.41, 5.74) is 5.60. The number of aliphatic imine (C=N–C) groups is 2. The number of amidine groups is 1. The highest BCUT2D eigenvalue weighted by Gasteiger charge is 2.31. The largest absolute Gasteiger partial charge is 0.416 e. The van der Waals surface area contributed by atoms with Crippen molar-refractivity contribution in [3.05, 3.63) is 107 Å². The van der Waals surface area contributed by atoms with E-state index in [4.69, 9.17) is 5.73 Å². The van der Waals surface area contributed by atoms with Crippen molar-refractivity contribution in [3.63, 3.8) is 0 Å². The molecule has 0 saturated carbocycles. The van der Waals surface area contributed by atoms with E-state index in [-0.39, 0.29) is 33.9 Å². The van der Waals surface area contributed by atoms with Crippen molar-refractivity contribution in [1.29, 1.82) is 0 Å². The molecule has 33 heavy (non-hydrogen) atoms. The average molecular weight is 455 g/mol. The summed E-state index contributed by atoms with van der Waals surface area (Å²) in [5, 5.41) is 0. The molecular formula is C24H14F5N3O. The second-order valence-electron chi connectivity index (χ2n) is 7.05. The highest BCUT2D eigenvalue weighted by Crippen LogP contribution is 2.31. The predicted octanol–water partition coefficient (Wildman–Crippen LogP) is 5.24. The van der Waals surface area contributed by atoms with E-state index in [1.54, 1.807) is 30.3 Å². The molecule has 1 amide bonds. The first kappa shape index (κ1) is 22.1. The molecule has 0 radical (unpaired) electrons. The van der Waals surface area contributed by atoms with Crippen LogP contribution in [-0.2, 0) is 11.0 Å². The minimum Gasteiger partial charge on any atom is -0.398 e. The van der Waals surface area contributed by atoms with Gasteiger partial charge in [-0.1, -0.05) is 42.5 Å². The third-order valence-corrected chi connectivity index (χ3v) is 4.89. The van der Waals surface area contributed by atoms with Crippen LogP contribution in [-0.4, -0.2) is 17.5 Å². The zero-order valence-corrected chi connectivity index (χ0v) is 16.7. The van der Waals surface area contributed by atoms with Crippen molar-refractivity contribution in [1.82, 2.24) is 0 Å². The van der Waals surface area contributed by atoms with Crippen LogP contribution >= 0.6 is 0 Å². The van der Waals surface area contributed by atoms with Gasteiger partial charge in [-0.05, 0) is 29.8 Å². The molecule has 1 aliphatic heterocycles. The molecule has 2 N–H and O–H groups in total. The van der Waals surface area contributed by atoms with Crippen LogP contribution in [0.25, 0.3) is 11.3 Å². The summed E-state index contributed by atoms with van der Waals surface area (Å²) in [6, 6.07) is 15.1. The Morgan fingerprint density at radius 2 is 1.52 bits per heavy atom. The van der Waals surface area contributed by atoms with E-state index < -0.39 is 29.3 Å². The van der Waals surface area contributed by atoms with Crippen LogP contribution < -0.4 is 5.73 Å². The number of nitrogens with zero attached hydrogens (tertiary/aromatic N) is 2. The van der Waals surface area contributed by atoms with E-state index in [1.807, 2.05) is 0 Å². The van der Waals surface area contributed by atoms with Gasteiger partial charge < -0.3 is 5.73 Å². The lowest BCUT2D eigenvalue weighted by molar-refractivity contribution is -0.137. The molecule has 3 aromatic carbocycles. The number of benzene rings is 3. The van der Waals surface area contributed by atoms with Gasteiger partial charge in [-0.25, -0.2) is 13.8 Å². The minimum atomic E-state index is -4.54. The number of amides is 1. The number of rotatable bonds is 4. The van der Waals surface area contributed by atoms with Crippen LogP contribution in [0.3, 0.4) is 0 Å². The normalized spacial score (nSPS) is 14.6. The van der Waals surface area contributed by atoms with Gasteiger partial charge in [0, 0.05) is 17.2 Å². The van der Waals surface area contributed by atoms with Crippen molar-refractivity contribution in [2.75, 3.05) is 0 Å². The molecule has 1 aliphatic rings. The van der Waals surface area contributed by atoms with Gasteiger partial charge in [-0.2, -0.15) is 18.2 Å². The summed E-state index contributed by atoms with van der Waals surface area (Å²) in [6.45, 7) is 0. The van der Waals surface area contributed by atoms with Crippen LogP contribution in [0.5, 0.6) is 0 Å². The summed E-state index contributed by atoms with van der Waals surface area (Å²) in [5.74, 6) is -2.82. The maximum Gasteiger partial charge on any atom is 0.416 e. The predicted molar refractivity (Wildman–Crippen MR) is 114 cm³/mol. The smallest absolute Gasteiger partial charge is 0.398 e. The first-order valence-corrected chi connectivity index (χ1v) is 9.55. The zero-order chi connectivity index (χ0) is 23.8. The van der Waals surface area contributed by atoms with Crippen molar-refractivity contribution >= 4 is 28.7 Å². The van der Waals surface area contributed by atoms with Crippen LogP contribution in [0.15, 0.2) is 82.8 Å². The SMILES string of the molecule is NC(=C(C1=NC(=O)C(c2ccc(C(F)(F)F)cc2)=N1)c1ccc(F)cc1F)c1ccccc1. The van der Waals surface area contributed by atoms with Crippen molar-refractivity contribution in [2.45, 2.75) is 6.18 Å². The Morgan fingerprint density at radius 3 is 2.12 bits per heavy atom. The van der Waals surface area contributed by atoms with Crippen molar-refractivity contribution < 1.29 is 26.7 Å². The van der Waals surface area contributed by atoms with Crippen LogP contribution in [0.4, 0.5) is 22.0 Å². The minimum absolute atomic E-state index is 0.0325. The van der Waals surface area contributed by atoms with Crippen LogP contribution in [0, 0.1) is 11.6 Å². The molecule has 0 aliphatic carbocycles. The Morgan fingerprint density at radius 1 is 0.848 bits per heavy atom. The molecule has 0 atom stereocenters. The lowest BCUT2D eigenvalue weighted by atomic mass is 9.98. The fourth-order valence-electron chi connectivity index (χ4n) is 3.29. The first-order valence-electron chi connectivity index (χ1n) is 9.55. The standard InChI is InChI=1S/C24H14F5N3O/c25-16-10-11-17(18(26)12-16)19(20(30)13-4-2-1-3-5-13)22-31-21(23(33)32-22)14-6-8-15(9-7-14)24(27,28)29/h1-12H,30H2. The molecule has 4 rings (SSSR count). The molecule has 0 spiro atoms. The number of carbonyl (C=O) groups is 1. The Balaban J connectivity index is 1.84. The maximum atomic E-state index is 14.7. The summed E-state index contributed by atoms with van der Waals surface area (Å²) >= 11 is 0. The van der Waals surface area contributed by atoms with E-state index in [9.17, 15) is 26.7 Å². The summed E-state index contributed by atoms with van der Waals surface area (Å²) in [7, 11) is 0. The molecule has 4 nitrogen and oxygen atoms in total. The Hall–Kier alpha value is -4.14. The van der Waals surface area contributed by atoms with E-state index >= 15 is 0 Å². The Labute approximate surface area is 184 Å². The molecule has 1 heterocycles. The van der Waals surface area contributed by atoms with Gasteiger partial charge in [-0.15, -0.1) is 0 Å². The van der Waals surface area contributed by atoms with Gasteiger partial charge in [0.2, 0.25) is 0 Å². The van der Waals surface area contributed by atoms with Crippen molar-refractivity contribution in [3.8, 4) is 0 Å². The molecule has 0 fully saturated rings. The molecule has 166 valence electrons. The highest BCUT2D eigenvalue weighted by molar-refractivity contribution is 6.55. The van der Waals surface area contributed by atoms with E-state index in [0.717, 1.165) is 36.4 Å². The van der Waals surface area contributed by atoms with Gasteiger partial charge in [0.1, 0.15) is 17.3 Å². The third-order valence-electron chi connectivity index (χ3n) is 4.89. The Kier molecular flexibility index (Phi) is 5.63. The fourth-order valence-corrected chi connectivity index (χ4v) is 3.29. The molecule has 9 heteroatoms. The van der Waals surface area contributed by atoms with E-state index in [2.05, 4.69) is 9.98 Å². The number of nitrogens with two attached hydrogens (primary N) is 1. The van der Waals surface area contributed by atoms with Gasteiger partial charge in [0.05, 0.1) is 16.8 Å². The molecule has 0 unspecified atom stereocenters. The third kappa shape index (κ3) is 4.43. The number of alkyl halides is 3. The molecule has 0 bridgehead atoms. The van der Waals surface area contributed by atoms with Gasteiger partial charge in [0.25, 0.3) is 5.91 Å². The quantitative estimate of drug-likeness (QED) is 0.432. The molecule has 0 saturated heterocycles. The lowest BCUT2D eigenvalue weighted by Crippen LogP contribution is -2.11. The fraction of sp³-hybridized carbons (Fsp3) is 0.0417. The summed E-state index contributed by atoms with van der Waals surface area (Å²) in [6.07, 6.45) is -4.54. The average Bonchev–Trinajstić information content (AvgIpc) is 3.16. The number of hydrogen-bond acceptors (Lipinski definition) is 3. The monoisotopic (exact) mass is 455 g/mol. The van der Waals surface area contributed by atoms with Crippen LogP contribution in [0.1, 0.15) is 22.3 Å². The van der Waals surface area contributed by atoms with E-state index in [1.165, 1.54) is 0 Å². The van der Waals surface area contributed by atoms with Gasteiger partial charge >= 0.3 is 6.18 Å². The summed E-state index contributed by atoms with van der Waals surface area (Å²) < 4.78 is 66.7.